The van der Waals surface area contributed by atoms with Crippen LogP contribution in [0, 0.1) is 6.92 Å². The Hall–Kier alpha value is -1.72. The molecule has 0 saturated carbocycles. The zero-order valence-corrected chi connectivity index (χ0v) is 7.40. The van der Waals surface area contributed by atoms with Gasteiger partial charge in [0.05, 0.1) is 6.54 Å². The smallest absolute Gasteiger partial charge is 0.243 e. The number of aryl methyl sites for hydroxylation is 1. The molecular weight excluding hydrogens is 170 g/mol. The van der Waals surface area contributed by atoms with Gasteiger partial charge in [-0.2, -0.15) is 0 Å². The minimum atomic E-state index is -0.189. The first-order valence-corrected chi connectivity index (χ1v) is 3.87. The number of hydrogen-bond donors (Lipinski definition) is 1. The number of tetrazole rings is 1. The van der Waals surface area contributed by atoms with Gasteiger partial charge in [0.2, 0.25) is 5.91 Å². The lowest BCUT2D eigenvalue weighted by Gasteiger charge is -2.01. The molecule has 6 heteroatoms. The number of nitrogens with one attached hydrogen (secondary N) is 1. The fraction of sp³-hybridized carbons (Fsp3) is 0.429. The molecule has 0 bridgehead atoms. The van der Waals surface area contributed by atoms with Crippen LogP contribution in [0.3, 0.4) is 0 Å². The number of rotatable bonds is 4. The lowest BCUT2D eigenvalue weighted by molar-refractivity contribution is -0.116. The van der Waals surface area contributed by atoms with Gasteiger partial charge in [-0.15, -0.1) is 5.10 Å². The molecule has 0 fully saturated rings. The standard InChI is InChI=1S/C7H11N5O/c1-3-7(13)8-4-5-12-6(2)9-10-11-12/h3H,1,4-5H2,2H3,(H,8,13). The first-order chi connectivity index (χ1) is 6.24. The van der Waals surface area contributed by atoms with Crippen molar-refractivity contribution in [1.29, 1.82) is 0 Å². The Morgan fingerprint density at radius 3 is 3.08 bits per heavy atom. The molecule has 1 heterocycles. The molecule has 1 aromatic heterocycles. The summed E-state index contributed by atoms with van der Waals surface area (Å²) in [5.41, 5.74) is 0. The van der Waals surface area contributed by atoms with E-state index in [4.69, 9.17) is 0 Å². The van der Waals surface area contributed by atoms with Crippen LogP contribution in [-0.4, -0.2) is 32.7 Å². The summed E-state index contributed by atoms with van der Waals surface area (Å²) in [6, 6.07) is 0. The van der Waals surface area contributed by atoms with Gasteiger partial charge in [-0.05, 0) is 23.4 Å². The van der Waals surface area contributed by atoms with Crippen LogP contribution in [0.2, 0.25) is 0 Å². The van der Waals surface area contributed by atoms with E-state index >= 15 is 0 Å². The van der Waals surface area contributed by atoms with Crippen molar-refractivity contribution in [3.05, 3.63) is 18.5 Å². The molecule has 1 rings (SSSR count). The molecule has 0 saturated heterocycles. The Labute approximate surface area is 75.6 Å². The predicted molar refractivity (Wildman–Crippen MR) is 45.8 cm³/mol. The Morgan fingerprint density at radius 1 is 1.77 bits per heavy atom. The van der Waals surface area contributed by atoms with Gasteiger partial charge in [0.1, 0.15) is 5.82 Å². The van der Waals surface area contributed by atoms with E-state index in [0.29, 0.717) is 13.1 Å². The number of hydrogen-bond acceptors (Lipinski definition) is 4. The lowest BCUT2D eigenvalue weighted by atomic mass is 10.5. The molecule has 13 heavy (non-hydrogen) atoms. The van der Waals surface area contributed by atoms with Crippen LogP contribution >= 0.6 is 0 Å². The maximum absolute atomic E-state index is 10.7. The highest BCUT2D eigenvalue weighted by Crippen LogP contribution is 1.86. The fourth-order valence-corrected chi connectivity index (χ4v) is 0.813. The molecule has 0 atom stereocenters. The molecule has 0 aliphatic carbocycles. The molecular formula is C7H11N5O. The molecule has 0 aliphatic heterocycles. The fourth-order valence-electron chi connectivity index (χ4n) is 0.813. The summed E-state index contributed by atoms with van der Waals surface area (Å²) in [7, 11) is 0. The molecule has 0 radical (unpaired) electrons. The second kappa shape index (κ2) is 4.34. The van der Waals surface area contributed by atoms with Crippen LogP contribution in [0.1, 0.15) is 5.82 Å². The molecule has 1 aromatic rings. The van der Waals surface area contributed by atoms with E-state index in [1.54, 1.807) is 11.6 Å². The van der Waals surface area contributed by atoms with Crippen molar-refractivity contribution in [2.24, 2.45) is 0 Å². The van der Waals surface area contributed by atoms with Gasteiger partial charge in [0.15, 0.2) is 0 Å². The first-order valence-electron chi connectivity index (χ1n) is 3.87. The van der Waals surface area contributed by atoms with Gasteiger partial charge in [0.25, 0.3) is 0 Å². The van der Waals surface area contributed by atoms with Gasteiger partial charge in [-0.25, -0.2) is 4.68 Å². The number of nitrogens with zero attached hydrogens (tertiary/aromatic N) is 4. The van der Waals surface area contributed by atoms with E-state index < -0.39 is 0 Å². The summed E-state index contributed by atoms with van der Waals surface area (Å²) >= 11 is 0. The van der Waals surface area contributed by atoms with Crippen LogP contribution in [-0.2, 0) is 11.3 Å². The van der Waals surface area contributed by atoms with Crippen molar-refractivity contribution in [3.63, 3.8) is 0 Å². The Balaban J connectivity index is 2.32. The highest BCUT2D eigenvalue weighted by atomic mass is 16.1. The average Bonchev–Trinajstić information content (AvgIpc) is 2.52. The minimum absolute atomic E-state index is 0.189. The number of amides is 1. The zero-order chi connectivity index (χ0) is 9.68. The van der Waals surface area contributed by atoms with Gasteiger partial charge < -0.3 is 5.32 Å². The Bertz CT molecular complexity index is 306. The highest BCUT2D eigenvalue weighted by Gasteiger charge is 1.99. The summed E-state index contributed by atoms with van der Waals surface area (Å²) in [6.07, 6.45) is 1.23. The van der Waals surface area contributed by atoms with Crippen LogP contribution in [0.4, 0.5) is 0 Å². The number of aromatic nitrogens is 4. The quantitative estimate of drug-likeness (QED) is 0.622. The summed E-state index contributed by atoms with van der Waals surface area (Å²) < 4.78 is 1.61. The van der Waals surface area contributed by atoms with Crippen LogP contribution in [0.15, 0.2) is 12.7 Å². The molecule has 1 amide bonds. The van der Waals surface area contributed by atoms with Gasteiger partial charge in [-0.3, -0.25) is 4.79 Å². The van der Waals surface area contributed by atoms with Crippen molar-refractivity contribution in [3.8, 4) is 0 Å². The lowest BCUT2D eigenvalue weighted by Crippen LogP contribution is -2.25. The zero-order valence-electron chi connectivity index (χ0n) is 7.40. The summed E-state index contributed by atoms with van der Waals surface area (Å²) in [6.45, 7) is 6.20. The maximum atomic E-state index is 10.7. The van der Waals surface area contributed by atoms with E-state index in [0.717, 1.165) is 5.82 Å². The summed E-state index contributed by atoms with van der Waals surface area (Å²) in [5, 5.41) is 13.5. The van der Waals surface area contributed by atoms with Crippen molar-refractivity contribution in [1.82, 2.24) is 25.5 Å². The van der Waals surface area contributed by atoms with Crippen LogP contribution in [0.25, 0.3) is 0 Å². The topological polar surface area (TPSA) is 72.7 Å². The van der Waals surface area contributed by atoms with E-state index in [2.05, 4.69) is 27.4 Å². The van der Waals surface area contributed by atoms with Crippen molar-refractivity contribution < 1.29 is 4.79 Å². The molecule has 6 nitrogen and oxygen atoms in total. The van der Waals surface area contributed by atoms with E-state index in [-0.39, 0.29) is 5.91 Å². The second-order valence-electron chi connectivity index (χ2n) is 2.44. The van der Waals surface area contributed by atoms with Gasteiger partial charge in [-0.1, -0.05) is 6.58 Å². The summed E-state index contributed by atoms with van der Waals surface area (Å²) in [4.78, 5) is 10.7. The molecule has 1 N–H and O–H groups in total. The monoisotopic (exact) mass is 181 g/mol. The number of carbonyl (C=O) groups excluding carboxylic acids is 1. The normalized spacial score (nSPS) is 9.62. The van der Waals surface area contributed by atoms with Crippen molar-refractivity contribution in [2.45, 2.75) is 13.5 Å². The third-order valence-corrected chi connectivity index (χ3v) is 1.52. The van der Waals surface area contributed by atoms with Crippen LogP contribution in [0.5, 0.6) is 0 Å². The molecule has 0 aliphatic rings. The minimum Gasteiger partial charge on any atom is -0.351 e. The molecule has 0 unspecified atom stereocenters. The van der Waals surface area contributed by atoms with Gasteiger partial charge >= 0.3 is 0 Å². The molecule has 0 spiro atoms. The van der Waals surface area contributed by atoms with Crippen molar-refractivity contribution in [2.75, 3.05) is 6.54 Å². The Kier molecular flexibility index (Phi) is 3.13. The largest absolute Gasteiger partial charge is 0.351 e. The third-order valence-electron chi connectivity index (χ3n) is 1.52. The SMILES string of the molecule is C=CC(=O)NCCn1nnnc1C. The van der Waals surface area contributed by atoms with Crippen molar-refractivity contribution >= 4 is 5.91 Å². The maximum Gasteiger partial charge on any atom is 0.243 e. The van der Waals surface area contributed by atoms with E-state index in [9.17, 15) is 4.79 Å². The average molecular weight is 181 g/mol. The van der Waals surface area contributed by atoms with E-state index in [1.165, 1.54) is 6.08 Å². The highest BCUT2D eigenvalue weighted by molar-refractivity contribution is 5.86. The molecule has 70 valence electrons. The third kappa shape index (κ3) is 2.66. The Morgan fingerprint density at radius 2 is 2.54 bits per heavy atom. The first kappa shape index (κ1) is 9.37. The molecule has 0 aromatic carbocycles. The second-order valence-corrected chi connectivity index (χ2v) is 2.44. The van der Waals surface area contributed by atoms with E-state index in [1.807, 2.05) is 0 Å². The summed E-state index contributed by atoms with van der Waals surface area (Å²) in [5.74, 6) is 0.540. The van der Waals surface area contributed by atoms with Gasteiger partial charge in [0, 0.05) is 6.54 Å². The van der Waals surface area contributed by atoms with Crippen LogP contribution < -0.4 is 5.32 Å². The predicted octanol–water partition coefficient (Wildman–Crippen LogP) is -0.716. The number of carbonyl (C=O) groups is 1.